The van der Waals surface area contributed by atoms with Crippen molar-refractivity contribution in [1.82, 2.24) is 0 Å². The van der Waals surface area contributed by atoms with Crippen molar-refractivity contribution in [3.63, 3.8) is 0 Å². The molecule has 0 fully saturated rings. The number of hydrogen-bond donors (Lipinski definition) is 1. The lowest BCUT2D eigenvalue weighted by atomic mass is 10.0. The van der Waals surface area contributed by atoms with Crippen LogP contribution in [0.5, 0.6) is 0 Å². The Kier molecular flexibility index (Phi) is 3.13. The molecule has 0 amide bonds. The van der Waals surface area contributed by atoms with Crippen molar-refractivity contribution in [3.05, 3.63) is 59.7 Å². The van der Waals surface area contributed by atoms with Gasteiger partial charge in [-0.25, -0.2) is 0 Å². The second-order valence-electron chi connectivity index (χ2n) is 3.64. The fourth-order valence-electron chi connectivity index (χ4n) is 1.62. The van der Waals surface area contributed by atoms with Crippen LogP contribution in [0, 0.1) is 0 Å². The minimum Gasteiger partial charge on any atom is -0.326 e. The smallest absolute Gasteiger partial charge is 0.150 e. The maximum absolute atomic E-state index is 10.7. The summed E-state index contributed by atoms with van der Waals surface area (Å²) in [6.07, 6.45) is 0.859. The standard InChI is InChI=1S/C14H13NO/c15-9-11-4-6-13(7-5-11)14-3-1-2-12(8-14)10-16/h1-8,10H,9,15H2. The number of benzene rings is 2. The maximum Gasteiger partial charge on any atom is 0.150 e. The summed E-state index contributed by atoms with van der Waals surface area (Å²) in [5.41, 5.74) is 9.49. The van der Waals surface area contributed by atoms with Gasteiger partial charge < -0.3 is 5.73 Å². The predicted molar refractivity (Wildman–Crippen MR) is 65.2 cm³/mol. The van der Waals surface area contributed by atoms with Crippen LogP contribution in [0.3, 0.4) is 0 Å². The summed E-state index contributed by atoms with van der Waals surface area (Å²) < 4.78 is 0. The van der Waals surface area contributed by atoms with Crippen molar-refractivity contribution in [2.24, 2.45) is 5.73 Å². The first-order valence-electron chi connectivity index (χ1n) is 5.18. The third-order valence-corrected chi connectivity index (χ3v) is 2.55. The Morgan fingerprint density at radius 1 is 1.00 bits per heavy atom. The second kappa shape index (κ2) is 4.73. The highest BCUT2D eigenvalue weighted by Crippen LogP contribution is 2.20. The molecule has 16 heavy (non-hydrogen) atoms. The number of rotatable bonds is 3. The zero-order valence-corrected chi connectivity index (χ0v) is 8.89. The van der Waals surface area contributed by atoms with Gasteiger partial charge in [-0.3, -0.25) is 4.79 Å². The van der Waals surface area contributed by atoms with Crippen LogP contribution in [0.2, 0.25) is 0 Å². The van der Waals surface area contributed by atoms with E-state index < -0.39 is 0 Å². The van der Waals surface area contributed by atoms with E-state index in [2.05, 4.69) is 0 Å². The van der Waals surface area contributed by atoms with Crippen LogP contribution in [-0.2, 0) is 6.54 Å². The Hall–Kier alpha value is -1.93. The molecule has 0 heterocycles. The van der Waals surface area contributed by atoms with Crippen molar-refractivity contribution >= 4 is 6.29 Å². The number of carbonyl (C=O) groups is 1. The monoisotopic (exact) mass is 211 g/mol. The van der Waals surface area contributed by atoms with E-state index in [-0.39, 0.29) is 0 Å². The Morgan fingerprint density at radius 3 is 2.38 bits per heavy atom. The lowest BCUT2D eigenvalue weighted by molar-refractivity contribution is 0.112. The van der Waals surface area contributed by atoms with Crippen molar-refractivity contribution in [1.29, 1.82) is 0 Å². The molecule has 2 N–H and O–H groups in total. The zero-order chi connectivity index (χ0) is 11.4. The van der Waals surface area contributed by atoms with Gasteiger partial charge in [0.25, 0.3) is 0 Å². The number of hydrogen-bond acceptors (Lipinski definition) is 2. The summed E-state index contributed by atoms with van der Waals surface area (Å²) in [7, 11) is 0. The first-order valence-corrected chi connectivity index (χ1v) is 5.18. The van der Waals surface area contributed by atoms with Gasteiger partial charge in [0.15, 0.2) is 0 Å². The molecule has 0 saturated heterocycles. The normalized spacial score (nSPS) is 10.1. The SMILES string of the molecule is NCc1ccc(-c2cccc(C=O)c2)cc1. The minimum atomic E-state index is 0.550. The van der Waals surface area contributed by atoms with E-state index in [1.165, 1.54) is 0 Å². The Balaban J connectivity index is 2.38. The lowest BCUT2D eigenvalue weighted by Crippen LogP contribution is -1.95. The highest BCUT2D eigenvalue weighted by Gasteiger charge is 1.98. The topological polar surface area (TPSA) is 43.1 Å². The lowest BCUT2D eigenvalue weighted by Gasteiger charge is -2.03. The highest BCUT2D eigenvalue weighted by molar-refractivity contribution is 5.78. The van der Waals surface area contributed by atoms with Crippen molar-refractivity contribution in [3.8, 4) is 11.1 Å². The molecule has 0 spiro atoms. The summed E-state index contributed by atoms with van der Waals surface area (Å²) in [5.74, 6) is 0. The minimum absolute atomic E-state index is 0.550. The van der Waals surface area contributed by atoms with Crippen LogP contribution in [0.25, 0.3) is 11.1 Å². The molecule has 0 atom stereocenters. The van der Waals surface area contributed by atoms with Crippen LogP contribution in [-0.4, -0.2) is 6.29 Å². The van der Waals surface area contributed by atoms with Crippen molar-refractivity contribution in [2.45, 2.75) is 6.54 Å². The molecule has 0 saturated carbocycles. The summed E-state index contributed by atoms with van der Waals surface area (Å²) in [6.45, 7) is 0.550. The van der Waals surface area contributed by atoms with E-state index in [1.54, 1.807) is 6.07 Å². The van der Waals surface area contributed by atoms with Crippen LogP contribution in [0.15, 0.2) is 48.5 Å². The molecule has 2 heteroatoms. The van der Waals surface area contributed by atoms with Gasteiger partial charge in [-0.1, -0.05) is 42.5 Å². The molecule has 0 unspecified atom stereocenters. The third kappa shape index (κ3) is 2.18. The van der Waals surface area contributed by atoms with E-state index >= 15 is 0 Å². The first-order chi connectivity index (χ1) is 7.83. The second-order valence-corrected chi connectivity index (χ2v) is 3.64. The Morgan fingerprint density at radius 2 is 1.75 bits per heavy atom. The van der Waals surface area contributed by atoms with Gasteiger partial charge in [-0.15, -0.1) is 0 Å². The van der Waals surface area contributed by atoms with E-state index in [4.69, 9.17) is 5.73 Å². The summed E-state index contributed by atoms with van der Waals surface area (Å²) >= 11 is 0. The molecule has 2 nitrogen and oxygen atoms in total. The Bertz CT molecular complexity index is 488. The van der Waals surface area contributed by atoms with Gasteiger partial charge in [-0.2, -0.15) is 0 Å². The molecule has 0 aliphatic rings. The van der Waals surface area contributed by atoms with Crippen molar-refractivity contribution < 1.29 is 4.79 Å². The average Bonchev–Trinajstić information content (AvgIpc) is 2.39. The first kappa shape index (κ1) is 10.6. The van der Waals surface area contributed by atoms with Crippen LogP contribution < -0.4 is 5.73 Å². The molecule has 0 aromatic heterocycles. The van der Waals surface area contributed by atoms with Crippen LogP contribution >= 0.6 is 0 Å². The fourth-order valence-corrected chi connectivity index (χ4v) is 1.62. The van der Waals surface area contributed by atoms with Gasteiger partial charge in [-0.05, 0) is 22.8 Å². The molecule has 2 rings (SSSR count). The van der Waals surface area contributed by atoms with Gasteiger partial charge in [0, 0.05) is 12.1 Å². The molecule has 80 valence electrons. The third-order valence-electron chi connectivity index (χ3n) is 2.55. The molecular formula is C14H13NO. The predicted octanol–water partition coefficient (Wildman–Crippen LogP) is 2.62. The molecule has 2 aromatic rings. The number of aldehydes is 1. The van der Waals surface area contributed by atoms with E-state index in [1.807, 2.05) is 42.5 Å². The van der Waals surface area contributed by atoms with E-state index in [9.17, 15) is 4.79 Å². The summed E-state index contributed by atoms with van der Waals surface area (Å²) in [5, 5.41) is 0. The largest absolute Gasteiger partial charge is 0.326 e. The van der Waals surface area contributed by atoms with Crippen LogP contribution in [0.1, 0.15) is 15.9 Å². The summed E-state index contributed by atoms with van der Waals surface area (Å²) in [6, 6.07) is 15.6. The van der Waals surface area contributed by atoms with Gasteiger partial charge in [0.05, 0.1) is 0 Å². The molecule has 0 bridgehead atoms. The molecule has 0 aliphatic carbocycles. The van der Waals surface area contributed by atoms with Gasteiger partial charge in [0.1, 0.15) is 6.29 Å². The Labute approximate surface area is 94.7 Å². The molecule has 0 radical (unpaired) electrons. The maximum atomic E-state index is 10.7. The summed E-state index contributed by atoms with van der Waals surface area (Å²) in [4.78, 5) is 10.7. The number of nitrogens with two attached hydrogens (primary N) is 1. The highest BCUT2D eigenvalue weighted by atomic mass is 16.1. The number of carbonyl (C=O) groups excluding carboxylic acids is 1. The zero-order valence-electron chi connectivity index (χ0n) is 8.89. The van der Waals surface area contributed by atoms with Gasteiger partial charge in [0.2, 0.25) is 0 Å². The molecular weight excluding hydrogens is 198 g/mol. The van der Waals surface area contributed by atoms with E-state index in [0.29, 0.717) is 12.1 Å². The fraction of sp³-hybridized carbons (Fsp3) is 0.0714. The quantitative estimate of drug-likeness (QED) is 0.793. The van der Waals surface area contributed by atoms with Crippen molar-refractivity contribution in [2.75, 3.05) is 0 Å². The molecule has 0 aliphatic heterocycles. The van der Waals surface area contributed by atoms with Gasteiger partial charge >= 0.3 is 0 Å². The van der Waals surface area contributed by atoms with E-state index in [0.717, 1.165) is 23.0 Å². The molecule has 2 aromatic carbocycles. The average molecular weight is 211 g/mol. The van der Waals surface area contributed by atoms with Crippen LogP contribution in [0.4, 0.5) is 0 Å².